The number of aliphatic hydroxyl groups is 1. The van der Waals surface area contributed by atoms with E-state index in [0.29, 0.717) is 76.9 Å². The number of esters is 3. The molecule has 10 heterocycles. The number of cyclic esters (lactones) is 2. The number of pyridine rings is 4. The van der Waals surface area contributed by atoms with Gasteiger partial charge >= 0.3 is 23.9 Å². The second kappa shape index (κ2) is 37.8. The van der Waals surface area contributed by atoms with Gasteiger partial charge in [-0.25, -0.2) is 29.1 Å². The number of carbonyl (C=O) groups excluding carboxylic acids is 4. The molecule has 710 valence electrons. The Morgan fingerprint density at radius 2 is 0.891 bits per heavy atom. The predicted molar refractivity (Wildman–Crippen MR) is 486 cm³/mol. The van der Waals surface area contributed by atoms with Crippen LogP contribution in [-0.2, 0) is 98.2 Å². The SMILES string of the molecule is C.CC(C)C(=O)N1CCC(N2CCCCC2)CC1.CCc1c2c(nc3ccc(C)cc13)-c1cc3c(c(=O)n1C2)COC(=O)[C@@]3(CC)OC(=O)CON=C1c2cc([N+](=O)[O-])cc([N+](=O)[O-])c2-c2c1cc([N+](=O)[O-])cc2[N+](=O)[O-].CCc1c2c(nc3ccc(C)cc13)-c1cc3c(c(=O)n1C2)COC(=O)[C@]3(O)CC.O=C(O)CON=C1c2cc([N+](=O)[O-])cc([N+](=O)[O-])c2-c2c1cc([N+](=O)[O-])cc2[N+](=O)[O-]. The first-order chi connectivity index (χ1) is 64.7. The summed E-state index contributed by atoms with van der Waals surface area (Å²) < 4.78 is 19.5. The third-order valence-corrected chi connectivity index (χ3v) is 25.3. The zero-order valence-electron chi connectivity index (χ0n) is 73.8. The molecule has 2 fully saturated rings. The molecule has 0 radical (unpaired) electrons. The van der Waals surface area contributed by atoms with Crippen molar-refractivity contribution in [1.82, 2.24) is 28.9 Å². The van der Waals surface area contributed by atoms with Gasteiger partial charge in [-0.3, -0.25) is 95.3 Å². The zero-order chi connectivity index (χ0) is 98.0. The van der Waals surface area contributed by atoms with Gasteiger partial charge in [0.15, 0.2) is 5.60 Å². The van der Waals surface area contributed by atoms with Gasteiger partial charge in [0, 0.05) is 105 Å². The van der Waals surface area contributed by atoms with Crippen molar-refractivity contribution in [3.8, 4) is 45.0 Å². The van der Waals surface area contributed by atoms with Crippen LogP contribution in [-0.4, -0.2) is 165 Å². The lowest BCUT2D eigenvalue weighted by atomic mass is 9.85. The van der Waals surface area contributed by atoms with Gasteiger partial charge in [-0.05, 0) is 126 Å². The van der Waals surface area contributed by atoms with Crippen LogP contribution >= 0.6 is 0 Å². The van der Waals surface area contributed by atoms with Gasteiger partial charge in [-0.1, -0.05) is 89.0 Å². The van der Waals surface area contributed by atoms with E-state index < -0.39 is 190 Å². The summed E-state index contributed by atoms with van der Waals surface area (Å²) in [5.41, 5.74) is -4.87. The molecule has 6 aromatic carbocycles. The molecule has 8 aliphatic rings. The van der Waals surface area contributed by atoms with E-state index in [9.17, 15) is 120 Å². The highest BCUT2D eigenvalue weighted by molar-refractivity contribution is 6.28. The first kappa shape index (κ1) is 96.5. The molecule has 4 aromatic heterocycles. The lowest BCUT2D eigenvalue weighted by molar-refractivity contribution is -0.395. The quantitative estimate of drug-likeness (QED) is 0.0292. The van der Waals surface area contributed by atoms with Crippen molar-refractivity contribution in [2.45, 2.75) is 164 Å². The maximum atomic E-state index is 14.1. The molecule has 0 bridgehead atoms. The normalized spacial score (nSPS) is 16.5. The highest BCUT2D eigenvalue weighted by Gasteiger charge is 2.52. The van der Waals surface area contributed by atoms with Crippen LogP contribution < -0.4 is 11.1 Å². The van der Waals surface area contributed by atoms with Gasteiger partial charge in [0.05, 0.1) is 144 Å². The molecule has 0 unspecified atom stereocenters. The van der Waals surface area contributed by atoms with E-state index in [1.54, 1.807) is 23.6 Å². The van der Waals surface area contributed by atoms with Crippen LogP contribution in [0.3, 0.4) is 0 Å². The molecule has 2 aliphatic carbocycles. The summed E-state index contributed by atoms with van der Waals surface area (Å²) in [5, 5.41) is 122. The minimum atomic E-state index is -2.16. The number of piperidine rings is 2. The van der Waals surface area contributed by atoms with E-state index in [1.807, 2.05) is 58.0 Å². The Morgan fingerprint density at radius 1 is 0.504 bits per heavy atom. The van der Waals surface area contributed by atoms with Crippen molar-refractivity contribution in [1.29, 1.82) is 0 Å². The summed E-state index contributed by atoms with van der Waals surface area (Å²) in [6.45, 7) is 17.9. The topological polar surface area (TPSA) is 618 Å². The number of aryl methyl sites for hydroxylation is 4. The molecule has 18 rings (SSSR count). The van der Waals surface area contributed by atoms with Crippen LogP contribution in [0.4, 0.5) is 45.5 Å². The van der Waals surface area contributed by atoms with E-state index in [4.69, 9.17) is 34.1 Å². The van der Waals surface area contributed by atoms with Crippen molar-refractivity contribution in [2.75, 3.05) is 39.4 Å². The van der Waals surface area contributed by atoms with Crippen LogP contribution in [0.5, 0.6) is 0 Å². The third kappa shape index (κ3) is 17.3. The number of benzene rings is 6. The molecule has 137 heavy (non-hydrogen) atoms. The fourth-order valence-corrected chi connectivity index (χ4v) is 18.9. The standard InChI is InChI=1S/C38H27N7O14.C23H22N2O4.C15H7N5O11.C14H26N2O.CH4/c1-4-20-21-8-17(3)6-7-27(21)39-35-24(20)14-41-30(35)13-26-25(36(41)47)15-57-37(48)38(26,5-2)59-31(46)16-58-40-34-22-9-18(42(49)50)11-28(44(53)54)32(22)33-23(34)10-19(43(51)52)12-29(33)45(55)56;1-4-13-14-8-12(3)6-7-18(14)24-20-15(13)10-25-19(20)9-17-16(21(25)26)11-29-22(27)23(17,28)5-2;21-12(22)5-31-16-15-8-1-6(17(23)24)3-10(19(27)28)13(8)14-9(15)2-7(18(25)26)4-11(14)20(29)30;1-12(2)14(17)16-10-6-13(7-11-16)15-8-4-3-5-9-15;/h6-13H,4-5,14-16H2,1-3H3;6-9,28H,4-5,10-11H2,1-3H3;1-4H,5H2,(H,21,22);12-13H,3-11H2,1-2H3;1H4/t38-;23-;;;/m00.../s1. The molecule has 2 saturated heterocycles. The number of non-ortho nitro benzene ring substituents is 4. The lowest BCUT2D eigenvalue weighted by Crippen LogP contribution is -2.48. The molecule has 0 saturated carbocycles. The molecule has 6 aliphatic heterocycles. The molecule has 10 aromatic rings. The van der Waals surface area contributed by atoms with Crippen molar-refractivity contribution in [2.24, 2.45) is 16.2 Å². The Kier molecular flexibility index (Phi) is 26.7. The average Bonchev–Trinajstić information content (AvgIpc) is 1.64. The number of amides is 1. The average molecular weight is 1880 g/mol. The van der Waals surface area contributed by atoms with Crippen molar-refractivity contribution < 1.29 is 97.5 Å². The smallest absolute Gasteiger partial charge is 0.355 e. The highest BCUT2D eigenvalue weighted by Crippen LogP contribution is 2.54. The summed E-state index contributed by atoms with van der Waals surface area (Å²) in [6, 6.07) is 21.7. The van der Waals surface area contributed by atoms with Gasteiger partial charge in [-0.15, -0.1) is 0 Å². The van der Waals surface area contributed by atoms with E-state index in [0.717, 1.165) is 94.1 Å². The van der Waals surface area contributed by atoms with Gasteiger partial charge in [0.1, 0.15) is 24.6 Å². The number of oxime groups is 2. The van der Waals surface area contributed by atoms with Crippen molar-refractivity contribution in [3.05, 3.63) is 277 Å². The maximum absolute atomic E-state index is 14.1. The van der Waals surface area contributed by atoms with Gasteiger partial charge in [0.2, 0.25) is 24.7 Å². The summed E-state index contributed by atoms with van der Waals surface area (Å²) in [6.07, 6.45) is 7.90. The second-order valence-corrected chi connectivity index (χ2v) is 33.5. The number of nitrogens with zero attached hydrogens (tertiary/aromatic N) is 16. The lowest BCUT2D eigenvalue weighted by Gasteiger charge is -2.40. The van der Waals surface area contributed by atoms with Gasteiger partial charge in [0.25, 0.3) is 56.6 Å². The summed E-state index contributed by atoms with van der Waals surface area (Å²) >= 11 is 0. The van der Waals surface area contributed by atoms with Crippen molar-refractivity contribution >= 4 is 109 Å². The predicted octanol–water partition coefficient (Wildman–Crippen LogP) is 13.4. The summed E-state index contributed by atoms with van der Waals surface area (Å²) in [5.74, 6) is -3.89. The van der Waals surface area contributed by atoms with Crippen LogP contribution in [0.25, 0.3) is 66.8 Å². The van der Waals surface area contributed by atoms with E-state index in [2.05, 4.69) is 44.9 Å². The molecule has 46 heteroatoms. The monoisotopic (exact) mass is 1880 g/mol. The maximum Gasteiger partial charge on any atom is 0.355 e. The summed E-state index contributed by atoms with van der Waals surface area (Å²) in [4.78, 5) is 199. The van der Waals surface area contributed by atoms with Crippen molar-refractivity contribution in [3.63, 3.8) is 0 Å². The number of fused-ring (bicyclic) bond motifs is 16. The Bertz CT molecular complexity index is 6980. The van der Waals surface area contributed by atoms with Crippen LogP contribution in [0.2, 0.25) is 0 Å². The molecule has 46 nitrogen and oxygen atoms in total. The second-order valence-electron chi connectivity index (χ2n) is 33.5. The van der Waals surface area contributed by atoms with Crippen LogP contribution in [0, 0.1) is 101 Å². The first-order valence-corrected chi connectivity index (χ1v) is 42.9. The molecular formula is C91H86N16O30. The third-order valence-electron chi connectivity index (χ3n) is 25.3. The van der Waals surface area contributed by atoms with E-state index in [-0.39, 0.29) is 67.2 Å². The highest BCUT2D eigenvalue weighted by atomic mass is 16.7. The Balaban J connectivity index is 0.000000161. The minimum Gasteiger partial charge on any atom is -0.479 e. The number of likely N-dealkylation sites (tertiary alicyclic amines) is 2. The zero-order valence-corrected chi connectivity index (χ0v) is 73.8. The number of hydrogen-bond acceptors (Lipinski definition) is 34. The number of carboxylic acid groups (broad SMARTS) is 1. The number of carbonyl (C=O) groups is 5. The van der Waals surface area contributed by atoms with E-state index in [1.165, 1.54) is 67.8 Å². The van der Waals surface area contributed by atoms with E-state index >= 15 is 0 Å². The number of ether oxygens (including phenoxy) is 3. The number of nitro benzene ring substituents is 8. The number of aromatic nitrogens is 4. The summed E-state index contributed by atoms with van der Waals surface area (Å²) in [7, 11) is 0. The number of rotatable bonds is 21. The van der Waals surface area contributed by atoms with Crippen LogP contribution in [0.1, 0.15) is 172 Å². The van der Waals surface area contributed by atoms with Gasteiger partial charge < -0.3 is 53.0 Å². The minimum absolute atomic E-state index is 0. The number of carboxylic acids is 1. The Labute approximate surface area is 772 Å². The molecule has 1 amide bonds. The first-order valence-electron chi connectivity index (χ1n) is 42.9. The number of nitro groups is 8. The largest absolute Gasteiger partial charge is 0.479 e. The number of hydrogen-bond donors (Lipinski definition) is 2. The Hall–Kier alpha value is -16.6. The molecule has 2 atom stereocenters. The fourth-order valence-electron chi connectivity index (χ4n) is 18.9. The van der Waals surface area contributed by atoms with Crippen LogP contribution in [0.15, 0.2) is 117 Å². The van der Waals surface area contributed by atoms with Gasteiger partial charge in [-0.2, -0.15) is 0 Å². The fraction of sp³-hybridized carbons (Fsp3) is 0.352. The molecule has 2 N–H and O–H groups in total. The Morgan fingerprint density at radius 3 is 1.26 bits per heavy atom. The number of aliphatic carboxylic acids is 1. The molecular weight excluding hydrogens is 1800 g/mol. The molecule has 0 spiro atoms.